The first-order valence-electron chi connectivity index (χ1n) is 6.98. The van der Waals surface area contributed by atoms with Crippen molar-refractivity contribution in [3.05, 3.63) is 23.2 Å². The lowest BCUT2D eigenvalue weighted by Gasteiger charge is -2.38. The fourth-order valence-electron chi connectivity index (χ4n) is 2.69. The van der Waals surface area contributed by atoms with Gasteiger partial charge in [0.25, 0.3) is 0 Å². The largest absolute Gasteiger partial charge is 0.398 e. The Hall–Kier alpha value is -0.820. The Morgan fingerprint density at radius 3 is 2.62 bits per heavy atom. The van der Waals surface area contributed by atoms with E-state index in [1.165, 1.54) is 12.1 Å². The smallest absolute Gasteiger partial charge is 0.243 e. The van der Waals surface area contributed by atoms with Crippen LogP contribution in [0.15, 0.2) is 23.1 Å². The number of aliphatic hydroxyl groups is 1. The van der Waals surface area contributed by atoms with Crippen LogP contribution in [0.3, 0.4) is 0 Å². The van der Waals surface area contributed by atoms with Crippen LogP contribution in [0.4, 0.5) is 5.69 Å². The predicted molar refractivity (Wildman–Crippen MR) is 83.6 cm³/mol. The third kappa shape index (κ3) is 3.69. The molecule has 0 radical (unpaired) electrons. The van der Waals surface area contributed by atoms with Crippen molar-refractivity contribution >= 4 is 27.3 Å². The Bertz CT molecular complexity index is 611. The van der Waals surface area contributed by atoms with E-state index in [4.69, 9.17) is 17.3 Å². The number of sulfonamides is 1. The summed E-state index contributed by atoms with van der Waals surface area (Å²) >= 11 is 5.86. The zero-order valence-corrected chi connectivity index (χ0v) is 13.5. The number of hydrogen-bond donors (Lipinski definition) is 3. The molecule has 0 atom stereocenters. The minimum absolute atomic E-state index is 0.0403. The quantitative estimate of drug-likeness (QED) is 0.736. The van der Waals surface area contributed by atoms with Crippen LogP contribution in [0, 0.1) is 5.92 Å². The standard InChI is InChI=1S/C14H21ClN2O3S/c1-10-4-6-14(9-18,7-5-10)17-21(19,20)13-8-11(15)2-3-12(13)16/h2-3,8,10,17-18H,4-7,9,16H2,1H3. The van der Waals surface area contributed by atoms with Crippen molar-refractivity contribution < 1.29 is 13.5 Å². The van der Waals surface area contributed by atoms with Gasteiger partial charge in [-0.2, -0.15) is 0 Å². The highest BCUT2D eigenvalue weighted by Gasteiger charge is 2.38. The minimum atomic E-state index is -3.82. The van der Waals surface area contributed by atoms with Gasteiger partial charge in [-0.25, -0.2) is 13.1 Å². The first-order chi connectivity index (χ1) is 9.78. The lowest BCUT2D eigenvalue weighted by Crippen LogP contribution is -2.53. The molecule has 1 aliphatic rings. The molecular formula is C14H21ClN2O3S. The van der Waals surface area contributed by atoms with Gasteiger partial charge in [-0.3, -0.25) is 0 Å². The van der Waals surface area contributed by atoms with E-state index < -0.39 is 15.6 Å². The molecule has 0 amide bonds. The summed E-state index contributed by atoms with van der Waals surface area (Å²) in [6.45, 7) is 1.91. The van der Waals surface area contributed by atoms with Gasteiger partial charge >= 0.3 is 0 Å². The number of hydrogen-bond acceptors (Lipinski definition) is 4. The third-order valence-electron chi connectivity index (χ3n) is 4.15. The molecule has 0 unspecified atom stereocenters. The molecule has 1 aliphatic carbocycles. The zero-order valence-electron chi connectivity index (χ0n) is 12.0. The number of nitrogens with one attached hydrogen (secondary N) is 1. The number of benzene rings is 1. The van der Waals surface area contributed by atoms with Crippen LogP contribution in [0.2, 0.25) is 5.02 Å². The van der Waals surface area contributed by atoms with Crippen molar-refractivity contribution in [2.75, 3.05) is 12.3 Å². The maximum Gasteiger partial charge on any atom is 0.243 e. The normalized spacial score (nSPS) is 26.7. The molecule has 0 aromatic heterocycles. The molecular weight excluding hydrogens is 312 g/mol. The van der Waals surface area contributed by atoms with Gasteiger partial charge in [0.1, 0.15) is 4.90 Å². The van der Waals surface area contributed by atoms with E-state index >= 15 is 0 Å². The molecule has 1 aromatic carbocycles. The van der Waals surface area contributed by atoms with Crippen LogP contribution in [0.1, 0.15) is 32.6 Å². The third-order valence-corrected chi connectivity index (χ3v) is 6.02. The summed E-state index contributed by atoms with van der Waals surface area (Å²) in [5, 5.41) is 9.98. The second-order valence-corrected chi connectivity index (χ2v) is 8.00. The highest BCUT2D eigenvalue weighted by Crippen LogP contribution is 2.33. The second-order valence-electron chi connectivity index (χ2n) is 5.91. The van der Waals surface area contributed by atoms with Crippen LogP contribution in [-0.4, -0.2) is 25.7 Å². The second kappa shape index (κ2) is 6.12. The molecule has 7 heteroatoms. The van der Waals surface area contributed by atoms with E-state index in [0.29, 0.717) is 23.8 Å². The van der Waals surface area contributed by atoms with Gasteiger partial charge in [0.15, 0.2) is 0 Å². The molecule has 21 heavy (non-hydrogen) atoms. The maximum absolute atomic E-state index is 12.6. The Morgan fingerprint density at radius 1 is 1.43 bits per heavy atom. The highest BCUT2D eigenvalue weighted by atomic mass is 35.5. The molecule has 4 N–H and O–H groups in total. The summed E-state index contributed by atoms with van der Waals surface area (Å²) < 4.78 is 27.8. The van der Waals surface area contributed by atoms with Gasteiger partial charge in [0.05, 0.1) is 17.8 Å². The van der Waals surface area contributed by atoms with Gasteiger partial charge in [-0.05, 0) is 49.8 Å². The fourth-order valence-corrected chi connectivity index (χ4v) is 4.53. The highest BCUT2D eigenvalue weighted by molar-refractivity contribution is 7.89. The van der Waals surface area contributed by atoms with Gasteiger partial charge in [-0.15, -0.1) is 0 Å². The van der Waals surface area contributed by atoms with Crippen LogP contribution >= 0.6 is 11.6 Å². The average molecular weight is 333 g/mol. The molecule has 1 fully saturated rings. The first-order valence-corrected chi connectivity index (χ1v) is 8.84. The van der Waals surface area contributed by atoms with Crippen molar-refractivity contribution in [1.29, 1.82) is 0 Å². The van der Waals surface area contributed by atoms with Crippen LogP contribution in [0.5, 0.6) is 0 Å². The first kappa shape index (κ1) is 16.5. The number of nitrogens with two attached hydrogens (primary N) is 1. The lowest BCUT2D eigenvalue weighted by molar-refractivity contribution is 0.125. The number of aliphatic hydroxyl groups excluding tert-OH is 1. The van der Waals surface area contributed by atoms with E-state index in [9.17, 15) is 13.5 Å². The Labute approximate surface area is 130 Å². The monoisotopic (exact) mass is 332 g/mol. The van der Waals surface area contributed by atoms with Crippen LogP contribution < -0.4 is 10.5 Å². The van der Waals surface area contributed by atoms with E-state index in [1.54, 1.807) is 6.07 Å². The number of halogens is 1. The summed E-state index contributed by atoms with van der Waals surface area (Å²) in [5.74, 6) is 0.547. The summed E-state index contributed by atoms with van der Waals surface area (Å²) in [7, 11) is -3.82. The number of rotatable bonds is 4. The Morgan fingerprint density at radius 2 is 2.05 bits per heavy atom. The molecule has 118 valence electrons. The maximum atomic E-state index is 12.6. The Kier molecular flexibility index (Phi) is 4.82. The molecule has 1 saturated carbocycles. The summed E-state index contributed by atoms with van der Waals surface area (Å²) in [6, 6.07) is 4.33. The molecule has 0 spiro atoms. The van der Waals surface area contributed by atoms with Crippen molar-refractivity contribution in [2.24, 2.45) is 5.92 Å². The molecule has 5 nitrogen and oxygen atoms in total. The lowest BCUT2D eigenvalue weighted by atomic mass is 9.78. The molecule has 0 aliphatic heterocycles. The summed E-state index contributed by atoms with van der Waals surface area (Å²) in [4.78, 5) is -0.0403. The number of nitrogen functional groups attached to an aromatic ring is 1. The average Bonchev–Trinajstić information content (AvgIpc) is 2.44. The van der Waals surface area contributed by atoms with Crippen LogP contribution in [0.25, 0.3) is 0 Å². The van der Waals surface area contributed by atoms with Gasteiger partial charge in [0.2, 0.25) is 10.0 Å². The van der Waals surface area contributed by atoms with E-state index in [1.807, 2.05) is 0 Å². The van der Waals surface area contributed by atoms with Gasteiger partial charge in [0, 0.05) is 5.02 Å². The summed E-state index contributed by atoms with van der Waals surface area (Å²) in [5.41, 5.74) is 5.08. The van der Waals surface area contributed by atoms with Crippen molar-refractivity contribution in [1.82, 2.24) is 4.72 Å². The van der Waals surface area contributed by atoms with Crippen molar-refractivity contribution in [3.63, 3.8) is 0 Å². The van der Waals surface area contributed by atoms with Crippen molar-refractivity contribution in [3.8, 4) is 0 Å². The minimum Gasteiger partial charge on any atom is -0.398 e. The van der Waals surface area contributed by atoms with E-state index in [2.05, 4.69) is 11.6 Å². The fraction of sp³-hybridized carbons (Fsp3) is 0.571. The van der Waals surface area contributed by atoms with Crippen molar-refractivity contribution in [2.45, 2.75) is 43.0 Å². The predicted octanol–water partition coefficient (Wildman–Crippen LogP) is 2.14. The Balaban J connectivity index is 2.29. The van der Waals surface area contributed by atoms with E-state index in [-0.39, 0.29) is 17.2 Å². The number of anilines is 1. The molecule has 1 aromatic rings. The van der Waals surface area contributed by atoms with Gasteiger partial charge in [-0.1, -0.05) is 18.5 Å². The van der Waals surface area contributed by atoms with Crippen LogP contribution in [-0.2, 0) is 10.0 Å². The zero-order chi connectivity index (χ0) is 15.7. The SMILES string of the molecule is CC1CCC(CO)(NS(=O)(=O)c2cc(Cl)ccc2N)CC1. The summed E-state index contributed by atoms with van der Waals surface area (Å²) in [6.07, 6.45) is 3.00. The molecule has 0 heterocycles. The van der Waals surface area contributed by atoms with Gasteiger partial charge < -0.3 is 10.8 Å². The molecule has 2 rings (SSSR count). The molecule has 0 saturated heterocycles. The topological polar surface area (TPSA) is 92.4 Å². The molecule has 0 bridgehead atoms. The van der Waals surface area contributed by atoms with E-state index in [0.717, 1.165) is 12.8 Å².